The monoisotopic (exact) mass is 285 g/mol. The zero-order chi connectivity index (χ0) is 12.3. The molecule has 84 valence electrons. The van der Waals surface area contributed by atoms with Crippen LogP contribution in [0.15, 0.2) is 22.7 Å². The molecule has 16 heavy (non-hydrogen) atoms. The smallest absolute Gasteiger partial charge is 0.328 e. The van der Waals surface area contributed by atoms with Crippen molar-refractivity contribution in [3.05, 3.63) is 43.9 Å². The van der Waals surface area contributed by atoms with E-state index in [1.807, 2.05) is 0 Å². The topological polar surface area (TPSA) is 80.4 Å². The van der Waals surface area contributed by atoms with E-state index in [1.54, 1.807) is 13.0 Å². The first-order valence-electron chi connectivity index (χ1n) is 4.27. The van der Waals surface area contributed by atoms with Gasteiger partial charge in [0.25, 0.3) is 5.69 Å². The molecule has 0 unspecified atom stereocenters. The van der Waals surface area contributed by atoms with E-state index in [0.29, 0.717) is 15.6 Å². The first kappa shape index (κ1) is 12.4. The lowest BCUT2D eigenvalue weighted by Gasteiger charge is -2.02. The summed E-state index contributed by atoms with van der Waals surface area (Å²) >= 11 is 3.14. The minimum atomic E-state index is -1.10. The minimum Gasteiger partial charge on any atom is -0.478 e. The highest BCUT2D eigenvalue weighted by molar-refractivity contribution is 9.10. The maximum atomic E-state index is 10.7. The normalized spacial score (nSPS) is 10.6. The third-order valence-electron chi connectivity index (χ3n) is 1.99. The fourth-order valence-electron chi connectivity index (χ4n) is 1.21. The third-order valence-corrected chi connectivity index (χ3v) is 2.45. The average Bonchev–Trinajstić information content (AvgIpc) is 2.18. The molecule has 0 bridgehead atoms. The van der Waals surface area contributed by atoms with Crippen molar-refractivity contribution in [2.75, 3.05) is 0 Å². The van der Waals surface area contributed by atoms with Crippen molar-refractivity contribution in [3.8, 4) is 0 Å². The number of carboxylic acid groups (broad SMARTS) is 1. The number of halogens is 1. The molecule has 5 nitrogen and oxygen atoms in total. The van der Waals surface area contributed by atoms with Gasteiger partial charge < -0.3 is 5.11 Å². The molecule has 0 saturated heterocycles. The van der Waals surface area contributed by atoms with Gasteiger partial charge in [0.2, 0.25) is 0 Å². The van der Waals surface area contributed by atoms with E-state index >= 15 is 0 Å². The van der Waals surface area contributed by atoms with E-state index in [4.69, 9.17) is 5.11 Å². The first-order chi connectivity index (χ1) is 7.41. The zero-order valence-corrected chi connectivity index (χ0v) is 9.89. The summed E-state index contributed by atoms with van der Waals surface area (Å²) in [5, 5.41) is 19.2. The molecular formula is C10H8BrNO4. The van der Waals surface area contributed by atoms with Crippen molar-refractivity contribution in [1.29, 1.82) is 0 Å². The molecule has 0 aromatic heterocycles. The van der Waals surface area contributed by atoms with E-state index in [2.05, 4.69) is 15.9 Å². The van der Waals surface area contributed by atoms with Crippen LogP contribution in [-0.4, -0.2) is 16.0 Å². The van der Waals surface area contributed by atoms with Gasteiger partial charge in [-0.2, -0.15) is 0 Å². The summed E-state index contributed by atoms with van der Waals surface area (Å²) in [5.41, 5.74) is 0.897. The Bertz CT molecular complexity index is 482. The maximum absolute atomic E-state index is 10.7. The fraction of sp³-hybridized carbons (Fsp3) is 0.100. The van der Waals surface area contributed by atoms with Crippen LogP contribution in [0.25, 0.3) is 6.08 Å². The van der Waals surface area contributed by atoms with Gasteiger partial charge in [0, 0.05) is 22.2 Å². The van der Waals surface area contributed by atoms with Crippen LogP contribution in [-0.2, 0) is 4.79 Å². The average molecular weight is 286 g/mol. The Kier molecular flexibility index (Phi) is 3.78. The Hall–Kier alpha value is -1.69. The number of nitrogens with zero attached hydrogens (tertiary/aromatic N) is 1. The predicted octanol–water partition coefficient (Wildman–Crippen LogP) is 2.76. The molecular weight excluding hydrogens is 278 g/mol. The number of nitro benzene ring substituents is 1. The van der Waals surface area contributed by atoms with Crippen LogP contribution < -0.4 is 0 Å². The zero-order valence-electron chi connectivity index (χ0n) is 8.31. The number of nitro groups is 1. The molecule has 0 aliphatic heterocycles. The van der Waals surface area contributed by atoms with Gasteiger partial charge in [-0.15, -0.1) is 0 Å². The Morgan fingerprint density at radius 1 is 1.56 bits per heavy atom. The lowest BCUT2D eigenvalue weighted by molar-refractivity contribution is -0.385. The number of aliphatic carboxylic acids is 1. The van der Waals surface area contributed by atoms with Gasteiger partial charge in [-0.25, -0.2) is 4.79 Å². The highest BCUT2D eigenvalue weighted by Crippen LogP contribution is 2.27. The van der Waals surface area contributed by atoms with Gasteiger partial charge in [0.05, 0.1) is 4.92 Å². The molecule has 1 aromatic rings. The quantitative estimate of drug-likeness (QED) is 0.526. The van der Waals surface area contributed by atoms with Crippen molar-refractivity contribution in [2.45, 2.75) is 6.92 Å². The molecule has 0 amide bonds. The molecule has 0 radical (unpaired) electrons. The third kappa shape index (κ3) is 2.90. The van der Waals surface area contributed by atoms with Crippen LogP contribution in [0.2, 0.25) is 0 Å². The summed E-state index contributed by atoms with van der Waals surface area (Å²) < 4.78 is 0.537. The molecule has 0 saturated carbocycles. The van der Waals surface area contributed by atoms with E-state index in [9.17, 15) is 14.9 Å². The molecule has 0 spiro atoms. The minimum absolute atomic E-state index is 0.0422. The van der Waals surface area contributed by atoms with E-state index in [1.165, 1.54) is 12.1 Å². The number of hydrogen-bond acceptors (Lipinski definition) is 3. The standard InChI is InChI=1S/C10H8BrNO4/c1-6-7(2-3-10(13)14)4-8(11)5-9(6)12(15)16/h2-5H,1H3,(H,13,14)/b3-2+. The molecule has 0 aliphatic carbocycles. The molecule has 1 aromatic carbocycles. The van der Waals surface area contributed by atoms with Crippen LogP contribution >= 0.6 is 15.9 Å². The van der Waals surface area contributed by atoms with Crippen molar-refractivity contribution < 1.29 is 14.8 Å². The molecule has 0 heterocycles. The first-order valence-corrected chi connectivity index (χ1v) is 5.06. The second-order valence-electron chi connectivity index (χ2n) is 3.07. The maximum Gasteiger partial charge on any atom is 0.328 e. The van der Waals surface area contributed by atoms with Crippen molar-refractivity contribution in [1.82, 2.24) is 0 Å². The SMILES string of the molecule is Cc1c(/C=C/C(=O)O)cc(Br)cc1[N+](=O)[O-]. The molecule has 6 heteroatoms. The molecule has 0 aliphatic rings. The Labute approximate surface area is 99.7 Å². The van der Waals surface area contributed by atoms with Crippen LogP contribution in [0.1, 0.15) is 11.1 Å². The lowest BCUT2D eigenvalue weighted by Crippen LogP contribution is -1.94. The van der Waals surface area contributed by atoms with Crippen molar-refractivity contribution in [3.63, 3.8) is 0 Å². The van der Waals surface area contributed by atoms with Crippen molar-refractivity contribution >= 4 is 33.7 Å². The summed E-state index contributed by atoms with van der Waals surface area (Å²) in [5.74, 6) is -1.10. The highest BCUT2D eigenvalue weighted by Gasteiger charge is 2.14. The highest BCUT2D eigenvalue weighted by atomic mass is 79.9. The summed E-state index contributed by atoms with van der Waals surface area (Å²) in [6, 6.07) is 3.01. The van der Waals surface area contributed by atoms with Gasteiger partial charge in [-0.1, -0.05) is 15.9 Å². The summed E-state index contributed by atoms with van der Waals surface area (Å²) in [4.78, 5) is 20.6. The number of rotatable bonds is 3. The number of benzene rings is 1. The van der Waals surface area contributed by atoms with E-state index in [-0.39, 0.29) is 5.69 Å². The van der Waals surface area contributed by atoms with Crippen LogP contribution in [0, 0.1) is 17.0 Å². The fourth-order valence-corrected chi connectivity index (χ4v) is 1.67. The number of carbonyl (C=O) groups is 1. The van der Waals surface area contributed by atoms with Gasteiger partial charge in [0.15, 0.2) is 0 Å². The Balaban J connectivity index is 3.29. The predicted molar refractivity (Wildman–Crippen MR) is 62.2 cm³/mol. The molecule has 1 N–H and O–H groups in total. The van der Waals surface area contributed by atoms with Crippen LogP contribution in [0.4, 0.5) is 5.69 Å². The number of hydrogen-bond donors (Lipinski definition) is 1. The van der Waals surface area contributed by atoms with Gasteiger partial charge >= 0.3 is 5.97 Å². The second-order valence-corrected chi connectivity index (χ2v) is 3.98. The van der Waals surface area contributed by atoms with Crippen LogP contribution in [0.3, 0.4) is 0 Å². The van der Waals surface area contributed by atoms with Gasteiger partial charge in [-0.3, -0.25) is 10.1 Å². The summed E-state index contributed by atoms with van der Waals surface area (Å²) in [6.07, 6.45) is 2.27. The lowest BCUT2D eigenvalue weighted by atomic mass is 10.1. The van der Waals surface area contributed by atoms with Gasteiger partial charge in [0.1, 0.15) is 0 Å². The second kappa shape index (κ2) is 4.89. The molecule has 0 fully saturated rings. The largest absolute Gasteiger partial charge is 0.478 e. The number of carboxylic acids is 1. The molecule has 0 atom stereocenters. The Morgan fingerprint density at radius 2 is 2.19 bits per heavy atom. The summed E-state index contributed by atoms with van der Waals surface area (Å²) in [7, 11) is 0. The Morgan fingerprint density at radius 3 is 2.69 bits per heavy atom. The van der Waals surface area contributed by atoms with Gasteiger partial charge in [-0.05, 0) is 24.6 Å². The van der Waals surface area contributed by atoms with E-state index in [0.717, 1.165) is 6.08 Å². The molecule has 1 rings (SSSR count). The summed E-state index contributed by atoms with van der Waals surface area (Å²) in [6.45, 7) is 1.58. The van der Waals surface area contributed by atoms with Crippen molar-refractivity contribution in [2.24, 2.45) is 0 Å². The van der Waals surface area contributed by atoms with E-state index < -0.39 is 10.9 Å². The van der Waals surface area contributed by atoms with Crippen LogP contribution in [0.5, 0.6) is 0 Å².